The molecular formula is C17H33NO9. The van der Waals surface area contributed by atoms with Gasteiger partial charge in [-0.15, -0.1) is 0 Å². The lowest BCUT2D eigenvalue weighted by Gasteiger charge is -2.09. The van der Waals surface area contributed by atoms with Crippen LogP contribution in [0.1, 0.15) is 13.8 Å². The SMILES string of the molecule is CC(C)OCCOCCOCCOCCOCCNC(=O)COCC(=O)O. The largest absolute Gasteiger partial charge is 0.480 e. The summed E-state index contributed by atoms with van der Waals surface area (Å²) in [5.41, 5.74) is 0. The minimum absolute atomic E-state index is 0.217. The van der Waals surface area contributed by atoms with Crippen LogP contribution < -0.4 is 5.32 Å². The zero-order valence-corrected chi connectivity index (χ0v) is 16.3. The molecule has 0 spiro atoms. The third kappa shape index (κ3) is 22.7. The first kappa shape index (κ1) is 25.7. The predicted octanol–water partition coefficient (Wildman–Crippen LogP) is -0.305. The van der Waals surface area contributed by atoms with Gasteiger partial charge in [-0.1, -0.05) is 0 Å². The Kier molecular flexibility index (Phi) is 18.5. The average molecular weight is 395 g/mol. The summed E-state index contributed by atoms with van der Waals surface area (Å²) in [4.78, 5) is 21.4. The van der Waals surface area contributed by atoms with Crippen molar-refractivity contribution in [2.24, 2.45) is 0 Å². The van der Waals surface area contributed by atoms with E-state index in [1.54, 1.807) is 0 Å². The Labute approximate surface area is 160 Å². The van der Waals surface area contributed by atoms with E-state index < -0.39 is 12.6 Å². The van der Waals surface area contributed by atoms with E-state index in [4.69, 9.17) is 28.8 Å². The van der Waals surface area contributed by atoms with Crippen molar-refractivity contribution >= 4 is 11.9 Å². The summed E-state index contributed by atoms with van der Waals surface area (Å²) in [6.45, 7) is 7.82. The van der Waals surface area contributed by atoms with E-state index in [9.17, 15) is 9.59 Å². The van der Waals surface area contributed by atoms with E-state index in [-0.39, 0.29) is 18.6 Å². The number of ether oxygens (including phenoxy) is 6. The highest BCUT2D eigenvalue weighted by Gasteiger charge is 2.02. The van der Waals surface area contributed by atoms with Crippen LogP contribution in [0.5, 0.6) is 0 Å². The molecule has 0 aromatic rings. The molecule has 0 unspecified atom stereocenters. The van der Waals surface area contributed by atoms with E-state index in [1.807, 2.05) is 13.8 Å². The van der Waals surface area contributed by atoms with Crippen LogP contribution in [-0.2, 0) is 38.0 Å². The predicted molar refractivity (Wildman–Crippen MR) is 95.8 cm³/mol. The fraction of sp³-hybridized carbons (Fsp3) is 0.882. The number of carbonyl (C=O) groups excluding carboxylic acids is 1. The fourth-order valence-electron chi connectivity index (χ4n) is 1.65. The van der Waals surface area contributed by atoms with E-state index in [1.165, 1.54) is 0 Å². The van der Waals surface area contributed by atoms with Crippen molar-refractivity contribution in [1.82, 2.24) is 5.32 Å². The quantitative estimate of drug-likeness (QED) is 0.267. The van der Waals surface area contributed by atoms with Crippen LogP contribution in [-0.4, -0.2) is 102 Å². The summed E-state index contributed by atoms with van der Waals surface area (Å²) in [7, 11) is 0. The molecule has 0 aromatic heterocycles. The topological polar surface area (TPSA) is 122 Å². The van der Waals surface area contributed by atoms with Gasteiger partial charge in [0.05, 0.1) is 65.6 Å². The number of carboxylic acids is 1. The lowest BCUT2D eigenvalue weighted by Crippen LogP contribution is -2.31. The molecule has 0 aliphatic rings. The number of hydrogen-bond donors (Lipinski definition) is 2. The molecule has 27 heavy (non-hydrogen) atoms. The fourth-order valence-corrected chi connectivity index (χ4v) is 1.65. The van der Waals surface area contributed by atoms with E-state index in [2.05, 4.69) is 10.1 Å². The summed E-state index contributed by atoms with van der Waals surface area (Å²) >= 11 is 0. The Bertz CT molecular complexity index is 366. The zero-order valence-electron chi connectivity index (χ0n) is 16.3. The van der Waals surface area contributed by atoms with Crippen molar-refractivity contribution in [3.8, 4) is 0 Å². The summed E-state index contributed by atoms with van der Waals surface area (Å²) in [6, 6.07) is 0. The van der Waals surface area contributed by atoms with E-state index in [0.717, 1.165) is 0 Å². The maximum atomic E-state index is 11.2. The summed E-state index contributed by atoms with van der Waals surface area (Å²) < 4.78 is 31.3. The Morgan fingerprint density at radius 2 is 1.22 bits per heavy atom. The number of carboxylic acid groups (broad SMARTS) is 1. The Hall–Kier alpha value is -1.30. The smallest absolute Gasteiger partial charge is 0.329 e. The highest BCUT2D eigenvalue weighted by atomic mass is 16.6. The van der Waals surface area contributed by atoms with Crippen LogP contribution in [0.15, 0.2) is 0 Å². The van der Waals surface area contributed by atoms with Crippen LogP contribution >= 0.6 is 0 Å². The zero-order chi connectivity index (χ0) is 20.2. The number of carbonyl (C=O) groups is 2. The monoisotopic (exact) mass is 395 g/mol. The summed E-state index contributed by atoms with van der Waals surface area (Å²) in [6.07, 6.45) is 0.217. The first-order chi connectivity index (χ1) is 13.0. The molecule has 0 bridgehead atoms. The summed E-state index contributed by atoms with van der Waals surface area (Å²) in [5.74, 6) is -1.50. The lowest BCUT2D eigenvalue weighted by molar-refractivity contribution is -0.143. The van der Waals surface area contributed by atoms with Crippen molar-refractivity contribution < 1.29 is 43.1 Å². The number of aliphatic carboxylic acids is 1. The van der Waals surface area contributed by atoms with E-state index in [0.29, 0.717) is 66.0 Å². The molecule has 0 fully saturated rings. The molecule has 0 rings (SSSR count). The van der Waals surface area contributed by atoms with Gasteiger partial charge in [-0.05, 0) is 13.8 Å². The van der Waals surface area contributed by atoms with Gasteiger partial charge in [0, 0.05) is 6.54 Å². The van der Waals surface area contributed by atoms with Gasteiger partial charge in [0.25, 0.3) is 0 Å². The maximum absolute atomic E-state index is 11.2. The Morgan fingerprint density at radius 3 is 1.70 bits per heavy atom. The van der Waals surface area contributed by atoms with Gasteiger partial charge in [-0.3, -0.25) is 4.79 Å². The van der Waals surface area contributed by atoms with Gasteiger partial charge in [0.15, 0.2) is 0 Å². The number of amides is 1. The molecule has 0 heterocycles. The standard InChI is InChI=1S/C17H33NO9/c1-15(2)27-12-11-25-10-9-24-8-7-23-6-5-22-4-3-18-16(19)13-26-14-17(20)21/h15H,3-14H2,1-2H3,(H,18,19)(H,20,21). The second-order valence-corrected chi connectivity index (χ2v) is 5.61. The molecule has 0 saturated carbocycles. The highest BCUT2D eigenvalue weighted by molar-refractivity contribution is 5.77. The van der Waals surface area contributed by atoms with E-state index >= 15 is 0 Å². The minimum Gasteiger partial charge on any atom is -0.480 e. The molecule has 0 aliphatic heterocycles. The first-order valence-electron chi connectivity index (χ1n) is 9.01. The van der Waals surface area contributed by atoms with Gasteiger partial charge in [0.1, 0.15) is 13.2 Å². The second kappa shape index (κ2) is 19.5. The Balaban J connectivity index is 3.12. The van der Waals surface area contributed by atoms with Crippen LogP contribution in [0.4, 0.5) is 0 Å². The number of hydrogen-bond acceptors (Lipinski definition) is 8. The Morgan fingerprint density at radius 1 is 0.741 bits per heavy atom. The molecule has 0 saturated heterocycles. The molecular weight excluding hydrogens is 362 g/mol. The van der Waals surface area contributed by atoms with Crippen LogP contribution in [0.2, 0.25) is 0 Å². The molecule has 2 N–H and O–H groups in total. The van der Waals surface area contributed by atoms with Crippen molar-refractivity contribution in [3.63, 3.8) is 0 Å². The van der Waals surface area contributed by atoms with Crippen molar-refractivity contribution in [2.75, 3.05) is 79.2 Å². The van der Waals surface area contributed by atoms with Gasteiger partial charge in [-0.25, -0.2) is 4.79 Å². The number of nitrogens with one attached hydrogen (secondary N) is 1. The highest BCUT2D eigenvalue weighted by Crippen LogP contribution is 1.88. The molecule has 160 valence electrons. The lowest BCUT2D eigenvalue weighted by atomic mass is 10.5. The van der Waals surface area contributed by atoms with Crippen molar-refractivity contribution in [2.45, 2.75) is 20.0 Å². The summed E-state index contributed by atoms with van der Waals surface area (Å²) in [5, 5.41) is 10.9. The molecule has 0 aromatic carbocycles. The van der Waals surface area contributed by atoms with Gasteiger partial charge >= 0.3 is 5.97 Å². The van der Waals surface area contributed by atoms with Crippen molar-refractivity contribution in [3.05, 3.63) is 0 Å². The maximum Gasteiger partial charge on any atom is 0.329 e. The van der Waals surface area contributed by atoms with Gasteiger partial charge < -0.3 is 38.8 Å². The third-order valence-corrected chi connectivity index (χ3v) is 2.82. The van der Waals surface area contributed by atoms with Crippen LogP contribution in [0, 0.1) is 0 Å². The average Bonchev–Trinajstić information content (AvgIpc) is 2.60. The van der Waals surface area contributed by atoms with Crippen molar-refractivity contribution in [1.29, 1.82) is 0 Å². The normalized spacial score (nSPS) is 11.1. The van der Waals surface area contributed by atoms with Gasteiger partial charge in [-0.2, -0.15) is 0 Å². The first-order valence-corrected chi connectivity index (χ1v) is 9.01. The van der Waals surface area contributed by atoms with Crippen LogP contribution in [0.3, 0.4) is 0 Å². The van der Waals surface area contributed by atoms with Crippen LogP contribution in [0.25, 0.3) is 0 Å². The minimum atomic E-state index is -1.11. The molecule has 10 heteroatoms. The third-order valence-electron chi connectivity index (χ3n) is 2.82. The second-order valence-electron chi connectivity index (χ2n) is 5.61. The molecule has 0 radical (unpaired) electrons. The molecule has 0 atom stereocenters. The molecule has 1 amide bonds. The molecule has 0 aliphatic carbocycles. The van der Waals surface area contributed by atoms with Gasteiger partial charge in [0.2, 0.25) is 5.91 Å². The number of rotatable bonds is 20. The molecule has 10 nitrogen and oxygen atoms in total.